The van der Waals surface area contributed by atoms with Crippen LogP contribution in [0.1, 0.15) is 37.8 Å². The zero-order chi connectivity index (χ0) is 16.0. The molecule has 0 aliphatic carbocycles. The van der Waals surface area contributed by atoms with E-state index in [0.29, 0.717) is 13.0 Å². The van der Waals surface area contributed by atoms with Crippen LogP contribution in [-0.2, 0) is 10.0 Å². The fraction of sp³-hybridized carbons (Fsp3) is 0.625. The third-order valence-corrected chi connectivity index (χ3v) is 5.60. The first-order chi connectivity index (χ1) is 10.6. The van der Waals surface area contributed by atoms with E-state index in [2.05, 4.69) is 9.62 Å². The van der Waals surface area contributed by atoms with Gasteiger partial charge in [-0.1, -0.05) is 19.1 Å². The molecule has 1 unspecified atom stereocenters. The Morgan fingerprint density at radius 1 is 1.23 bits per heavy atom. The highest BCUT2D eigenvalue weighted by Gasteiger charge is 2.24. The fourth-order valence-corrected chi connectivity index (χ4v) is 3.98. The summed E-state index contributed by atoms with van der Waals surface area (Å²) < 4.78 is 31.8. The van der Waals surface area contributed by atoms with Gasteiger partial charge in [-0.05, 0) is 50.0 Å². The van der Waals surface area contributed by atoms with Crippen molar-refractivity contribution in [3.05, 3.63) is 29.8 Å². The van der Waals surface area contributed by atoms with E-state index in [9.17, 15) is 8.42 Å². The third kappa shape index (κ3) is 4.69. The Hall–Kier alpha value is -1.11. The average molecular weight is 326 g/mol. The molecular formula is C16H26N2O3S. The minimum Gasteiger partial charge on any atom is -0.497 e. The monoisotopic (exact) mass is 326 g/mol. The van der Waals surface area contributed by atoms with Gasteiger partial charge in [-0.25, -0.2) is 13.1 Å². The molecule has 0 amide bonds. The Bertz CT molecular complexity index is 551. The first kappa shape index (κ1) is 17.2. The summed E-state index contributed by atoms with van der Waals surface area (Å²) in [5.74, 6) is 0.998. The van der Waals surface area contributed by atoms with E-state index in [-0.39, 0.29) is 11.8 Å². The van der Waals surface area contributed by atoms with Crippen molar-refractivity contribution in [1.29, 1.82) is 0 Å². The van der Waals surface area contributed by atoms with Gasteiger partial charge in [0.1, 0.15) is 5.75 Å². The van der Waals surface area contributed by atoms with Crippen molar-refractivity contribution in [2.45, 2.75) is 32.2 Å². The van der Waals surface area contributed by atoms with Gasteiger partial charge >= 0.3 is 0 Å². The van der Waals surface area contributed by atoms with Gasteiger partial charge in [-0.3, -0.25) is 4.90 Å². The zero-order valence-electron chi connectivity index (χ0n) is 13.4. The molecule has 1 aromatic carbocycles. The van der Waals surface area contributed by atoms with Gasteiger partial charge in [0.2, 0.25) is 10.0 Å². The maximum atomic E-state index is 11.9. The van der Waals surface area contributed by atoms with E-state index in [0.717, 1.165) is 24.4 Å². The normalized spacial score (nSPS) is 17.5. The molecule has 5 nitrogen and oxygen atoms in total. The number of hydrogen-bond donors (Lipinski definition) is 1. The molecule has 1 aromatic rings. The number of hydrogen-bond acceptors (Lipinski definition) is 4. The van der Waals surface area contributed by atoms with Crippen LogP contribution in [0.5, 0.6) is 5.75 Å². The summed E-state index contributed by atoms with van der Waals surface area (Å²) in [6, 6.07) is 7.99. The number of sulfonamides is 1. The van der Waals surface area contributed by atoms with Crippen LogP contribution in [0.25, 0.3) is 0 Å². The molecule has 2 rings (SSSR count). The lowest BCUT2D eigenvalue weighted by Crippen LogP contribution is -2.37. The number of nitrogens with zero attached hydrogens (tertiary/aromatic N) is 1. The number of benzene rings is 1. The molecule has 0 spiro atoms. The second kappa shape index (κ2) is 7.94. The lowest BCUT2D eigenvalue weighted by molar-refractivity contribution is 0.246. The molecule has 0 aromatic heterocycles. The maximum Gasteiger partial charge on any atom is 0.211 e. The quantitative estimate of drug-likeness (QED) is 0.795. The predicted octanol–water partition coefficient (Wildman–Crippen LogP) is 2.16. The van der Waals surface area contributed by atoms with Crippen LogP contribution >= 0.6 is 0 Å². The fourth-order valence-electron chi connectivity index (χ4n) is 2.88. The Kier molecular flexibility index (Phi) is 6.23. The van der Waals surface area contributed by atoms with E-state index in [1.165, 1.54) is 12.8 Å². The smallest absolute Gasteiger partial charge is 0.211 e. The number of methoxy groups -OCH3 is 1. The molecule has 1 saturated heterocycles. The van der Waals surface area contributed by atoms with Crippen LogP contribution in [0.15, 0.2) is 24.3 Å². The van der Waals surface area contributed by atoms with Crippen molar-refractivity contribution < 1.29 is 13.2 Å². The Morgan fingerprint density at radius 3 is 2.41 bits per heavy atom. The molecule has 1 aliphatic rings. The molecule has 0 bridgehead atoms. The topological polar surface area (TPSA) is 58.6 Å². The Balaban J connectivity index is 2.11. The second-order valence-corrected chi connectivity index (χ2v) is 7.63. The van der Waals surface area contributed by atoms with Gasteiger partial charge in [0, 0.05) is 12.6 Å². The highest BCUT2D eigenvalue weighted by Crippen LogP contribution is 2.26. The third-order valence-electron chi connectivity index (χ3n) is 4.05. The summed E-state index contributed by atoms with van der Waals surface area (Å²) in [6.45, 7) is 4.34. The van der Waals surface area contributed by atoms with E-state index >= 15 is 0 Å². The molecule has 1 aliphatic heterocycles. The first-order valence-electron chi connectivity index (χ1n) is 7.91. The van der Waals surface area contributed by atoms with Crippen molar-refractivity contribution in [2.75, 3.05) is 32.5 Å². The molecule has 1 fully saturated rings. The van der Waals surface area contributed by atoms with Crippen LogP contribution in [0, 0.1) is 0 Å². The molecule has 1 heterocycles. The van der Waals surface area contributed by atoms with Crippen LogP contribution in [-0.4, -0.2) is 45.8 Å². The average Bonchev–Trinajstić information content (AvgIpc) is 3.02. The molecule has 1 N–H and O–H groups in total. The molecule has 6 heteroatoms. The van der Waals surface area contributed by atoms with Crippen LogP contribution in [0.4, 0.5) is 0 Å². The largest absolute Gasteiger partial charge is 0.497 e. The molecule has 0 radical (unpaired) electrons. The number of likely N-dealkylation sites (tertiary alicyclic amines) is 1. The van der Waals surface area contributed by atoms with Crippen LogP contribution in [0.3, 0.4) is 0 Å². The minimum absolute atomic E-state index is 0.0834. The summed E-state index contributed by atoms with van der Waals surface area (Å²) in [5.41, 5.74) is 1.13. The van der Waals surface area contributed by atoms with Gasteiger partial charge in [0.05, 0.1) is 12.9 Å². The standard InChI is InChI=1S/C16H26N2O3S/c1-3-12-22(19,20)17-13-16(18-10-4-5-11-18)14-6-8-15(21-2)9-7-14/h6-9,16-17H,3-5,10-13H2,1-2H3. The van der Waals surface area contributed by atoms with E-state index in [4.69, 9.17) is 4.74 Å². The number of rotatable bonds is 8. The maximum absolute atomic E-state index is 11.9. The Labute approximate surface area is 133 Å². The van der Waals surface area contributed by atoms with Gasteiger partial charge in [0.25, 0.3) is 0 Å². The van der Waals surface area contributed by atoms with E-state index in [1.54, 1.807) is 7.11 Å². The summed E-state index contributed by atoms with van der Waals surface area (Å²) in [7, 11) is -1.53. The predicted molar refractivity (Wildman–Crippen MR) is 88.6 cm³/mol. The molecule has 124 valence electrons. The van der Waals surface area contributed by atoms with Gasteiger partial charge in [0.15, 0.2) is 0 Å². The molecule has 0 saturated carbocycles. The lowest BCUT2D eigenvalue weighted by atomic mass is 10.1. The first-order valence-corrected chi connectivity index (χ1v) is 9.56. The number of ether oxygens (including phenoxy) is 1. The summed E-state index contributed by atoms with van der Waals surface area (Å²) in [4.78, 5) is 2.36. The summed E-state index contributed by atoms with van der Waals surface area (Å²) in [5, 5.41) is 0. The van der Waals surface area contributed by atoms with Crippen LogP contribution in [0.2, 0.25) is 0 Å². The molecular weight excluding hydrogens is 300 g/mol. The Morgan fingerprint density at radius 2 is 1.86 bits per heavy atom. The summed E-state index contributed by atoms with van der Waals surface area (Å²) in [6.07, 6.45) is 2.98. The molecule has 22 heavy (non-hydrogen) atoms. The highest BCUT2D eigenvalue weighted by molar-refractivity contribution is 7.89. The summed E-state index contributed by atoms with van der Waals surface area (Å²) >= 11 is 0. The lowest BCUT2D eigenvalue weighted by Gasteiger charge is -2.28. The highest BCUT2D eigenvalue weighted by atomic mass is 32.2. The van der Waals surface area contributed by atoms with E-state index in [1.807, 2.05) is 31.2 Å². The minimum atomic E-state index is -3.18. The van der Waals surface area contributed by atoms with Crippen molar-refractivity contribution in [1.82, 2.24) is 9.62 Å². The second-order valence-electron chi connectivity index (χ2n) is 5.70. The van der Waals surface area contributed by atoms with E-state index < -0.39 is 10.0 Å². The molecule has 1 atom stereocenters. The number of nitrogens with one attached hydrogen (secondary N) is 1. The van der Waals surface area contributed by atoms with Crippen molar-refractivity contribution >= 4 is 10.0 Å². The van der Waals surface area contributed by atoms with Gasteiger partial charge in [-0.15, -0.1) is 0 Å². The van der Waals surface area contributed by atoms with Crippen molar-refractivity contribution in [2.24, 2.45) is 0 Å². The SMILES string of the molecule is CCCS(=O)(=O)NCC(c1ccc(OC)cc1)N1CCCC1. The van der Waals surface area contributed by atoms with Crippen LogP contribution < -0.4 is 9.46 Å². The van der Waals surface area contributed by atoms with Gasteiger partial charge in [-0.2, -0.15) is 0 Å². The van der Waals surface area contributed by atoms with Crippen molar-refractivity contribution in [3.63, 3.8) is 0 Å². The van der Waals surface area contributed by atoms with Crippen molar-refractivity contribution in [3.8, 4) is 5.75 Å². The zero-order valence-corrected chi connectivity index (χ0v) is 14.2. The van der Waals surface area contributed by atoms with Gasteiger partial charge < -0.3 is 4.74 Å².